The predicted molar refractivity (Wildman–Crippen MR) is 317 cm³/mol. The summed E-state index contributed by atoms with van der Waals surface area (Å²) in [5.74, 6) is -0.813. The van der Waals surface area contributed by atoms with E-state index in [0.717, 1.165) is 29.7 Å². The van der Waals surface area contributed by atoms with E-state index in [1.54, 1.807) is 7.11 Å². The number of aryl methyl sites for hydroxylation is 2. The number of halogens is 1. The third-order valence-electron chi connectivity index (χ3n) is 11.9. The third kappa shape index (κ3) is 24.5. The van der Waals surface area contributed by atoms with Gasteiger partial charge < -0.3 is 22.8 Å². The molecule has 1 saturated heterocycles. The average molecular weight is 1160 g/mol. The Hall–Kier alpha value is -7.12. The van der Waals surface area contributed by atoms with Crippen LogP contribution >= 0.6 is 11.1 Å². The summed E-state index contributed by atoms with van der Waals surface area (Å²) in [4.78, 5) is 56.3. The Labute approximate surface area is 477 Å². The number of carbonyl (C=O) groups is 3. The van der Waals surface area contributed by atoms with Crippen LogP contribution < -0.4 is 16.3 Å². The van der Waals surface area contributed by atoms with Crippen molar-refractivity contribution in [3.05, 3.63) is 200 Å². The van der Waals surface area contributed by atoms with Crippen LogP contribution in [0.4, 0.5) is 11.4 Å². The number of carbonyl (C=O) groups excluding carboxylic acids is 3. The van der Waals surface area contributed by atoms with Gasteiger partial charge in [0, 0.05) is 59.3 Å². The summed E-state index contributed by atoms with van der Waals surface area (Å²) in [5, 5.41) is 25.3. The molecular formula is C58H78ClN7O12Si2. The van der Waals surface area contributed by atoms with E-state index in [4.69, 9.17) is 33.8 Å². The molecule has 80 heavy (non-hydrogen) atoms. The van der Waals surface area contributed by atoms with Gasteiger partial charge in [-0.05, 0) is 126 Å². The van der Waals surface area contributed by atoms with Crippen LogP contribution in [0, 0.1) is 25.6 Å². The van der Waals surface area contributed by atoms with Gasteiger partial charge in [0.2, 0.25) is 8.32 Å². The zero-order chi connectivity index (χ0) is 59.7. The van der Waals surface area contributed by atoms with Crippen LogP contribution in [0.5, 0.6) is 0 Å². The average Bonchev–Trinajstić information content (AvgIpc) is 3.67. The normalized spacial score (nSPS) is 16.7. The van der Waals surface area contributed by atoms with Gasteiger partial charge >= 0.3 is 14.0 Å². The van der Waals surface area contributed by atoms with Crippen LogP contribution in [0.2, 0.25) is 19.6 Å². The number of nitro benzene ring substituents is 2. The van der Waals surface area contributed by atoms with E-state index in [1.807, 2.05) is 99.8 Å². The SMILES string of the molecule is C/C(CCc1ccccc1)=N\NC(=O)c1ccc([N+](=O)[O-])cc1.C=C(OC)O[Si](C)(C)C.COC(=O)CC(C)(CCc1ccccc1)NNC(=O)c1ccc([N+](=O)[O-])cc1.C[C@H]1[C@H](c2ccccc2)O[Si](Cl)(OCC(C)(C)C)N1C. The summed E-state index contributed by atoms with van der Waals surface area (Å²) in [5.41, 5.74) is 12.1. The fraction of sp³-hybridized carbons (Fsp3) is 0.379. The number of esters is 1. The van der Waals surface area contributed by atoms with Crippen molar-refractivity contribution in [3.63, 3.8) is 0 Å². The number of amides is 2. The molecule has 2 amide bonds. The Kier molecular flexibility index (Phi) is 27.0. The fourth-order valence-electron chi connectivity index (χ4n) is 7.23. The second-order valence-electron chi connectivity index (χ2n) is 21.2. The number of hydrazone groups is 1. The molecule has 1 fully saturated rings. The highest BCUT2D eigenvalue weighted by Crippen LogP contribution is 2.40. The quantitative estimate of drug-likeness (QED) is 0.0118. The number of methoxy groups -OCH3 is 2. The van der Waals surface area contributed by atoms with Gasteiger partial charge in [-0.3, -0.25) is 44.6 Å². The zero-order valence-corrected chi connectivity index (χ0v) is 50.7. The molecule has 1 heterocycles. The van der Waals surface area contributed by atoms with Gasteiger partial charge in [0.05, 0.1) is 36.6 Å². The molecule has 5 aromatic rings. The molecule has 6 rings (SSSR count). The number of hydrogen-bond donors (Lipinski definition) is 3. The molecule has 0 aromatic heterocycles. The van der Waals surface area contributed by atoms with Crippen molar-refractivity contribution in [2.24, 2.45) is 10.5 Å². The number of nitro groups is 2. The van der Waals surface area contributed by atoms with Crippen LogP contribution in [0.3, 0.4) is 0 Å². The molecule has 1 aliphatic rings. The monoisotopic (exact) mass is 1160 g/mol. The number of likely N-dealkylation sites (N-methyl/N-ethyl adjacent to an activating group) is 1. The van der Waals surface area contributed by atoms with Gasteiger partial charge in [-0.2, -0.15) is 5.10 Å². The van der Waals surface area contributed by atoms with Crippen molar-refractivity contribution in [2.45, 2.75) is 111 Å². The zero-order valence-electron chi connectivity index (χ0n) is 47.9. The minimum Gasteiger partial charge on any atom is -0.520 e. The van der Waals surface area contributed by atoms with E-state index < -0.39 is 43.6 Å². The lowest BCUT2D eigenvalue weighted by Crippen LogP contribution is -2.53. The van der Waals surface area contributed by atoms with Crippen LogP contribution in [0.15, 0.2) is 157 Å². The third-order valence-corrected chi connectivity index (χ3v) is 16.4. The fourth-order valence-corrected chi connectivity index (χ4v) is 11.2. The van der Waals surface area contributed by atoms with Crippen molar-refractivity contribution in [2.75, 3.05) is 27.9 Å². The minimum absolute atomic E-state index is 0.0228. The van der Waals surface area contributed by atoms with Crippen molar-refractivity contribution < 1.29 is 47.0 Å². The molecular weight excluding hydrogens is 1080 g/mol. The Morgan fingerprint density at radius 2 is 1.24 bits per heavy atom. The van der Waals surface area contributed by atoms with Gasteiger partial charge in [0.25, 0.3) is 29.1 Å². The summed E-state index contributed by atoms with van der Waals surface area (Å²) < 4.78 is 29.1. The minimum atomic E-state index is -2.80. The van der Waals surface area contributed by atoms with E-state index >= 15 is 0 Å². The van der Waals surface area contributed by atoms with E-state index in [0.29, 0.717) is 31.0 Å². The van der Waals surface area contributed by atoms with Crippen molar-refractivity contribution >= 4 is 62.3 Å². The maximum absolute atomic E-state index is 12.3. The van der Waals surface area contributed by atoms with E-state index in [1.165, 1.54) is 61.2 Å². The number of nitrogens with one attached hydrogen (secondary N) is 3. The molecule has 3 N–H and O–H groups in total. The number of benzene rings is 5. The first-order chi connectivity index (χ1) is 37.6. The molecule has 0 saturated carbocycles. The maximum Gasteiger partial charge on any atom is 0.537 e. The number of hydrogen-bond acceptors (Lipinski definition) is 15. The molecule has 0 spiro atoms. The van der Waals surface area contributed by atoms with Crippen molar-refractivity contribution in [1.29, 1.82) is 0 Å². The molecule has 5 aromatic carbocycles. The lowest BCUT2D eigenvalue weighted by Gasteiger charge is -2.30. The Morgan fingerprint density at radius 1 is 0.762 bits per heavy atom. The van der Waals surface area contributed by atoms with Gasteiger partial charge in [-0.15, -0.1) is 0 Å². The lowest BCUT2D eigenvalue weighted by molar-refractivity contribution is -0.385. The van der Waals surface area contributed by atoms with Gasteiger partial charge in [0.1, 0.15) is 0 Å². The van der Waals surface area contributed by atoms with Crippen LogP contribution in [-0.4, -0.2) is 93.7 Å². The van der Waals surface area contributed by atoms with Crippen molar-refractivity contribution in [3.8, 4) is 0 Å². The molecule has 0 radical (unpaired) electrons. The summed E-state index contributed by atoms with van der Waals surface area (Å²) in [6, 6.07) is 40.9. The van der Waals surface area contributed by atoms with Gasteiger partial charge in [0.15, 0.2) is 0 Å². The number of hydrazine groups is 1. The highest BCUT2D eigenvalue weighted by Gasteiger charge is 2.55. The van der Waals surface area contributed by atoms with Gasteiger partial charge in [-0.1, -0.05) is 123 Å². The van der Waals surface area contributed by atoms with Crippen LogP contribution in [0.1, 0.15) is 104 Å². The number of ether oxygens (including phenoxy) is 2. The molecule has 1 aliphatic heterocycles. The van der Waals surface area contributed by atoms with E-state index in [-0.39, 0.29) is 46.8 Å². The molecule has 4 atom stereocenters. The first kappa shape index (κ1) is 67.2. The molecule has 19 nitrogen and oxygen atoms in total. The van der Waals surface area contributed by atoms with E-state index in [2.05, 4.69) is 92.0 Å². The first-order valence-electron chi connectivity index (χ1n) is 25.8. The Balaban J connectivity index is 0.000000295. The summed E-state index contributed by atoms with van der Waals surface area (Å²) >= 11 is 6.69. The second kappa shape index (κ2) is 32.2. The lowest BCUT2D eigenvalue weighted by atomic mass is 9.90. The molecule has 0 aliphatic carbocycles. The van der Waals surface area contributed by atoms with E-state index in [9.17, 15) is 34.6 Å². The predicted octanol–water partition coefficient (Wildman–Crippen LogP) is 11.9. The number of rotatable bonds is 21. The summed E-state index contributed by atoms with van der Waals surface area (Å²) in [7, 11) is 0.600. The largest absolute Gasteiger partial charge is 0.537 e. The van der Waals surface area contributed by atoms with Gasteiger partial charge in [-0.25, -0.2) is 10.9 Å². The van der Waals surface area contributed by atoms with Crippen LogP contribution in [-0.2, 0) is 40.4 Å². The molecule has 432 valence electrons. The van der Waals surface area contributed by atoms with Crippen molar-refractivity contribution in [1.82, 2.24) is 20.8 Å². The second-order valence-corrected chi connectivity index (χ2v) is 29.3. The maximum atomic E-state index is 12.3. The highest BCUT2D eigenvalue weighted by atomic mass is 35.6. The van der Waals surface area contributed by atoms with Crippen LogP contribution in [0.25, 0.3) is 0 Å². The Bertz CT molecular complexity index is 2790. The summed E-state index contributed by atoms with van der Waals surface area (Å²) in [6.45, 7) is 22.6. The topological polar surface area (TPSA) is 235 Å². The molecule has 0 bridgehead atoms. The summed E-state index contributed by atoms with van der Waals surface area (Å²) in [6.07, 6.45) is 2.91. The molecule has 22 heteroatoms. The number of nitrogens with zero attached hydrogens (tertiary/aromatic N) is 4. The molecule has 2 unspecified atom stereocenters. The number of non-ortho nitro benzene ring substituents is 2. The smallest absolute Gasteiger partial charge is 0.520 e. The highest BCUT2D eigenvalue weighted by molar-refractivity contribution is 7.11. The first-order valence-corrected chi connectivity index (χ1v) is 32.0. The Morgan fingerprint density at radius 3 is 1.68 bits per heavy atom. The standard InChI is InChI=1S/C20H23N3O5.C17H17N3O3.C15H24ClNO2Si.C6H14O2Si/c1-20(14-18(24)28-2,13-12-15-6-4-3-5-7-15)22-21-19(25)16-8-10-17(11-9-16)23(26)27;1-13(7-8-14-5-3-2-4-6-14)18-19-17(21)15-9-11-16(12-10-15)20(22)23;1-12-14(13-9-7-6-8-10-13)19-20(16,17(12)5)18-11-15(2,3)4;1-6(7-2)8-9(3,4)5/h3-11,22H,12-14H2,1-2H3,(H,21,25);2-6,9-12H,7-8H2,1H3,(H,19,21);6-10,12,14H,11H2,1-5H3;1H2,2-5H3/b;18-13+;;/t;;12-,14+,20?;/m..0./s1.